The molecule has 0 atom stereocenters. The fourth-order valence-electron chi connectivity index (χ4n) is 2.52. The number of hydrogen-bond donors (Lipinski definition) is 1. The van der Waals surface area contributed by atoms with Gasteiger partial charge in [0.1, 0.15) is 6.54 Å². The first-order valence-electron chi connectivity index (χ1n) is 8.49. The van der Waals surface area contributed by atoms with Crippen LogP contribution in [0.2, 0.25) is 10.0 Å². The van der Waals surface area contributed by atoms with Crippen LogP contribution in [0.3, 0.4) is 0 Å². The van der Waals surface area contributed by atoms with Gasteiger partial charge in [-0.1, -0.05) is 53.0 Å². The van der Waals surface area contributed by atoms with Gasteiger partial charge in [0.25, 0.3) is 0 Å². The molecule has 152 valence electrons. The Balaban J connectivity index is 1.86. The summed E-state index contributed by atoms with van der Waals surface area (Å²) >= 11 is 13.6. The number of carbonyl (C=O) groups excluding carboxylic acids is 1. The van der Waals surface area contributed by atoms with Crippen LogP contribution in [-0.2, 0) is 20.6 Å². The highest BCUT2D eigenvalue weighted by atomic mass is 35.5. The van der Waals surface area contributed by atoms with Gasteiger partial charge in [-0.3, -0.25) is 9.10 Å². The van der Waals surface area contributed by atoms with E-state index in [1.807, 2.05) is 6.07 Å². The summed E-state index contributed by atoms with van der Waals surface area (Å²) < 4.78 is 25.2. The zero-order valence-electron chi connectivity index (χ0n) is 15.6. The number of carbonyl (C=O) groups is 1. The number of amides is 1. The van der Waals surface area contributed by atoms with Gasteiger partial charge in [0, 0.05) is 28.1 Å². The summed E-state index contributed by atoms with van der Waals surface area (Å²) in [5, 5.41) is 3.34. The van der Waals surface area contributed by atoms with E-state index in [-0.39, 0.29) is 12.2 Å². The first-order chi connectivity index (χ1) is 13.1. The Bertz CT molecular complexity index is 916. The van der Waals surface area contributed by atoms with Crippen molar-refractivity contribution in [2.75, 3.05) is 29.4 Å². The van der Waals surface area contributed by atoms with Crippen molar-refractivity contribution in [2.45, 2.75) is 12.7 Å². The lowest BCUT2D eigenvalue weighted by molar-refractivity contribution is -0.119. The van der Waals surface area contributed by atoms with Gasteiger partial charge in [0.15, 0.2) is 0 Å². The van der Waals surface area contributed by atoms with Gasteiger partial charge in [0.2, 0.25) is 15.9 Å². The van der Waals surface area contributed by atoms with Gasteiger partial charge >= 0.3 is 0 Å². The lowest BCUT2D eigenvalue weighted by atomic mass is 10.2. The van der Waals surface area contributed by atoms with Gasteiger partial charge < -0.3 is 5.32 Å². The third kappa shape index (κ3) is 7.54. The lowest BCUT2D eigenvalue weighted by Gasteiger charge is -2.22. The second-order valence-electron chi connectivity index (χ2n) is 6.29. The topological polar surface area (TPSA) is 66.5 Å². The van der Waals surface area contributed by atoms with Crippen molar-refractivity contribution in [2.24, 2.45) is 0 Å². The summed E-state index contributed by atoms with van der Waals surface area (Å²) in [6.45, 7) is 2.16. The van der Waals surface area contributed by atoms with Gasteiger partial charge in [0.05, 0.1) is 11.9 Å². The molecule has 0 aliphatic heterocycles. The van der Waals surface area contributed by atoms with Crippen molar-refractivity contribution in [1.29, 1.82) is 0 Å². The molecule has 0 radical (unpaired) electrons. The highest BCUT2D eigenvalue weighted by Gasteiger charge is 2.21. The lowest BCUT2D eigenvalue weighted by Crippen LogP contribution is -2.41. The summed E-state index contributed by atoms with van der Waals surface area (Å²) in [6, 6.07) is 12.7. The summed E-state index contributed by atoms with van der Waals surface area (Å²) in [6.07, 6.45) is 1.03. The zero-order valence-corrected chi connectivity index (χ0v) is 18.8. The van der Waals surface area contributed by atoms with Gasteiger partial charge in [-0.15, -0.1) is 0 Å². The predicted octanol–water partition coefficient (Wildman–Crippen LogP) is 4.12. The summed E-state index contributed by atoms with van der Waals surface area (Å²) in [5.74, 6) is 1.19. The fourth-order valence-corrected chi connectivity index (χ4v) is 4.68. The van der Waals surface area contributed by atoms with Crippen molar-refractivity contribution < 1.29 is 13.2 Å². The normalized spacial score (nSPS) is 11.3. The molecule has 5 nitrogen and oxygen atoms in total. The number of nitrogens with zero attached hydrogens (tertiary/aromatic N) is 1. The Morgan fingerprint density at radius 3 is 2.43 bits per heavy atom. The molecule has 0 fully saturated rings. The number of hydrogen-bond acceptors (Lipinski definition) is 4. The molecule has 1 amide bonds. The van der Waals surface area contributed by atoms with Crippen LogP contribution < -0.4 is 9.62 Å². The van der Waals surface area contributed by atoms with E-state index in [1.54, 1.807) is 11.8 Å². The predicted molar refractivity (Wildman–Crippen MR) is 119 cm³/mol. The smallest absolute Gasteiger partial charge is 0.240 e. The first-order valence-corrected chi connectivity index (χ1v) is 12.2. The molecule has 2 rings (SSSR count). The molecule has 0 aliphatic rings. The van der Waals surface area contributed by atoms with E-state index in [4.69, 9.17) is 23.2 Å². The molecule has 0 aromatic heterocycles. The minimum atomic E-state index is -3.67. The fraction of sp³-hybridized carbons (Fsp3) is 0.316. The molecule has 0 spiro atoms. The molecule has 0 aliphatic carbocycles. The number of aryl methyl sites for hydroxylation is 1. The average Bonchev–Trinajstić information content (AvgIpc) is 2.57. The Labute approximate surface area is 180 Å². The Kier molecular flexibility index (Phi) is 8.49. The van der Waals surface area contributed by atoms with Gasteiger partial charge in [-0.2, -0.15) is 11.8 Å². The molecule has 0 heterocycles. The number of nitrogens with one attached hydrogen (secondary N) is 1. The Hall–Kier alpha value is -1.41. The standard InChI is InChI=1S/C19H22Cl2N2O3S2/c1-14-4-3-5-15(8-14)13-27-7-6-22-19(24)12-23(28(2,25)26)18-10-16(20)9-17(21)11-18/h3-5,8-11H,6-7,12-13H2,1-2H3,(H,22,24). The summed E-state index contributed by atoms with van der Waals surface area (Å²) in [7, 11) is -3.67. The van der Waals surface area contributed by atoms with Crippen LogP contribution in [0.15, 0.2) is 42.5 Å². The number of sulfonamides is 1. The SMILES string of the molecule is Cc1cccc(CSCCNC(=O)CN(c2cc(Cl)cc(Cl)c2)S(C)(=O)=O)c1. The first kappa shape index (κ1) is 22.9. The van der Waals surface area contributed by atoms with Crippen LogP contribution >= 0.6 is 35.0 Å². The molecule has 0 unspecified atom stereocenters. The van der Waals surface area contributed by atoms with Crippen LogP contribution in [0.1, 0.15) is 11.1 Å². The van der Waals surface area contributed by atoms with E-state index >= 15 is 0 Å². The van der Waals surface area contributed by atoms with Crippen LogP contribution in [0, 0.1) is 6.92 Å². The van der Waals surface area contributed by atoms with Crippen molar-refractivity contribution >= 4 is 56.6 Å². The maximum absolute atomic E-state index is 12.2. The maximum atomic E-state index is 12.2. The molecule has 9 heteroatoms. The van der Waals surface area contributed by atoms with Crippen molar-refractivity contribution in [3.63, 3.8) is 0 Å². The van der Waals surface area contributed by atoms with Crippen LogP contribution in [0.25, 0.3) is 0 Å². The molecule has 0 saturated heterocycles. The second kappa shape index (κ2) is 10.4. The van der Waals surface area contributed by atoms with E-state index in [0.29, 0.717) is 16.6 Å². The molecular weight excluding hydrogens is 439 g/mol. The molecule has 2 aromatic rings. The van der Waals surface area contributed by atoms with Crippen molar-refractivity contribution in [3.05, 3.63) is 63.6 Å². The van der Waals surface area contributed by atoms with Crippen LogP contribution in [0.5, 0.6) is 0 Å². The number of benzene rings is 2. The Morgan fingerprint density at radius 1 is 1.14 bits per heavy atom. The van der Waals surface area contributed by atoms with Crippen molar-refractivity contribution in [1.82, 2.24) is 5.32 Å². The minimum absolute atomic E-state index is 0.254. The number of halogens is 2. The molecule has 0 saturated carbocycles. The van der Waals surface area contributed by atoms with E-state index in [1.165, 1.54) is 29.3 Å². The Morgan fingerprint density at radius 2 is 1.82 bits per heavy atom. The maximum Gasteiger partial charge on any atom is 0.240 e. The average molecular weight is 461 g/mol. The largest absolute Gasteiger partial charge is 0.354 e. The quantitative estimate of drug-likeness (QED) is 0.571. The zero-order chi connectivity index (χ0) is 20.7. The van der Waals surface area contributed by atoms with E-state index < -0.39 is 15.9 Å². The second-order valence-corrected chi connectivity index (χ2v) is 10.2. The monoisotopic (exact) mass is 460 g/mol. The van der Waals surface area contributed by atoms with Gasteiger partial charge in [-0.05, 0) is 30.7 Å². The third-order valence-electron chi connectivity index (χ3n) is 3.74. The van der Waals surface area contributed by atoms with Crippen LogP contribution in [0.4, 0.5) is 5.69 Å². The number of rotatable bonds is 9. The summed E-state index contributed by atoms with van der Waals surface area (Å²) in [4.78, 5) is 12.2. The van der Waals surface area contributed by atoms with E-state index in [2.05, 4.69) is 30.4 Å². The third-order valence-corrected chi connectivity index (χ3v) is 6.35. The minimum Gasteiger partial charge on any atom is -0.354 e. The van der Waals surface area contributed by atoms with Crippen molar-refractivity contribution in [3.8, 4) is 0 Å². The number of thioether (sulfide) groups is 1. The highest BCUT2D eigenvalue weighted by molar-refractivity contribution is 7.98. The molecule has 0 bridgehead atoms. The molecule has 28 heavy (non-hydrogen) atoms. The van der Waals surface area contributed by atoms with E-state index in [9.17, 15) is 13.2 Å². The van der Waals surface area contributed by atoms with E-state index in [0.717, 1.165) is 22.1 Å². The van der Waals surface area contributed by atoms with Crippen LogP contribution in [-0.4, -0.2) is 39.4 Å². The highest BCUT2D eigenvalue weighted by Crippen LogP contribution is 2.26. The summed E-state index contributed by atoms with van der Waals surface area (Å²) in [5.41, 5.74) is 2.70. The number of anilines is 1. The molecule has 2 aromatic carbocycles. The molecular formula is C19H22Cl2N2O3S2. The molecule has 1 N–H and O–H groups in total. The van der Waals surface area contributed by atoms with Gasteiger partial charge in [-0.25, -0.2) is 8.42 Å².